The highest BCUT2D eigenvalue weighted by atomic mass is 16.5. The number of methoxy groups -OCH3 is 1. The molecule has 0 spiro atoms. The fourth-order valence-corrected chi connectivity index (χ4v) is 2.10. The van der Waals surface area contributed by atoms with Gasteiger partial charge < -0.3 is 19.3 Å². The maximum Gasteiger partial charge on any atom is 0.277 e. The molecule has 0 atom stereocenters. The predicted octanol–water partition coefficient (Wildman–Crippen LogP) is 4.04. The first-order valence-corrected chi connectivity index (χ1v) is 7.31. The SMILES string of the molecule is COc1ccccc1Oc1ccc(NC(=O)c2cc(C)on2)cc1. The Kier molecular flexibility index (Phi) is 4.47. The highest BCUT2D eigenvalue weighted by Crippen LogP contribution is 2.31. The number of anilines is 1. The van der Waals surface area contributed by atoms with Gasteiger partial charge in [-0.25, -0.2) is 0 Å². The lowest BCUT2D eigenvalue weighted by Gasteiger charge is -2.10. The van der Waals surface area contributed by atoms with Gasteiger partial charge in [0.05, 0.1) is 7.11 Å². The summed E-state index contributed by atoms with van der Waals surface area (Å²) in [5, 5.41) is 6.42. The Hall–Kier alpha value is -3.28. The third-order valence-electron chi connectivity index (χ3n) is 3.27. The van der Waals surface area contributed by atoms with Crippen molar-refractivity contribution in [3.63, 3.8) is 0 Å². The van der Waals surface area contributed by atoms with Gasteiger partial charge >= 0.3 is 0 Å². The Morgan fingerprint density at radius 3 is 2.42 bits per heavy atom. The van der Waals surface area contributed by atoms with Gasteiger partial charge in [0, 0.05) is 11.8 Å². The molecule has 1 N–H and O–H groups in total. The number of nitrogens with zero attached hydrogens (tertiary/aromatic N) is 1. The maximum atomic E-state index is 12.0. The van der Waals surface area contributed by atoms with Crippen LogP contribution in [0.1, 0.15) is 16.2 Å². The fraction of sp³-hybridized carbons (Fsp3) is 0.111. The van der Waals surface area contributed by atoms with E-state index in [1.54, 1.807) is 44.4 Å². The van der Waals surface area contributed by atoms with Gasteiger partial charge in [-0.2, -0.15) is 0 Å². The van der Waals surface area contributed by atoms with Crippen LogP contribution in [0.5, 0.6) is 17.2 Å². The fourth-order valence-electron chi connectivity index (χ4n) is 2.10. The van der Waals surface area contributed by atoms with Gasteiger partial charge in [0.15, 0.2) is 17.2 Å². The van der Waals surface area contributed by atoms with Crippen LogP contribution in [-0.4, -0.2) is 18.2 Å². The van der Waals surface area contributed by atoms with Gasteiger partial charge in [0.25, 0.3) is 5.91 Å². The Morgan fingerprint density at radius 2 is 1.79 bits per heavy atom. The molecule has 1 amide bonds. The van der Waals surface area contributed by atoms with Crippen LogP contribution in [-0.2, 0) is 0 Å². The van der Waals surface area contributed by atoms with E-state index in [1.807, 2.05) is 24.3 Å². The standard InChI is InChI=1S/C18H16N2O4/c1-12-11-15(20-24-12)18(21)19-13-7-9-14(10-8-13)23-17-6-4-3-5-16(17)22-2/h3-11H,1-2H3,(H,19,21). The highest BCUT2D eigenvalue weighted by Gasteiger charge is 2.11. The summed E-state index contributed by atoms with van der Waals surface area (Å²) in [5.41, 5.74) is 0.870. The van der Waals surface area contributed by atoms with Gasteiger partial charge in [-0.15, -0.1) is 0 Å². The summed E-state index contributed by atoms with van der Waals surface area (Å²) < 4.78 is 15.9. The quantitative estimate of drug-likeness (QED) is 0.767. The summed E-state index contributed by atoms with van der Waals surface area (Å²) in [6, 6.07) is 16.0. The van der Waals surface area contributed by atoms with Crippen molar-refractivity contribution in [2.75, 3.05) is 12.4 Å². The Balaban J connectivity index is 1.68. The summed E-state index contributed by atoms with van der Waals surface area (Å²) in [5.74, 6) is 2.16. The topological polar surface area (TPSA) is 73.6 Å². The van der Waals surface area contributed by atoms with Crippen LogP contribution in [0.25, 0.3) is 0 Å². The number of ether oxygens (including phenoxy) is 2. The number of rotatable bonds is 5. The van der Waals surface area contributed by atoms with E-state index in [-0.39, 0.29) is 11.6 Å². The summed E-state index contributed by atoms with van der Waals surface area (Å²) >= 11 is 0. The van der Waals surface area contributed by atoms with Gasteiger partial charge in [0.2, 0.25) is 0 Å². The zero-order valence-corrected chi connectivity index (χ0v) is 13.3. The van der Waals surface area contributed by atoms with Crippen molar-refractivity contribution < 1.29 is 18.8 Å². The Bertz CT molecular complexity index is 840. The number of amides is 1. The number of hydrogen-bond acceptors (Lipinski definition) is 5. The Morgan fingerprint density at radius 1 is 1.08 bits per heavy atom. The summed E-state index contributed by atoms with van der Waals surface area (Å²) in [4.78, 5) is 12.0. The van der Waals surface area contributed by atoms with Crippen LogP contribution in [0.4, 0.5) is 5.69 Å². The van der Waals surface area contributed by atoms with Crippen molar-refractivity contribution in [2.24, 2.45) is 0 Å². The molecule has 0 aliphatic rings. The van der Waals surface area contributed by atoms with Gasteiger partial charge in [-0.1, -0.05) is 17.3 Å². The number of para-hydroxylation sites is 2. The molecule has 0 fully saturated rings. The summed E-state index contributed by atoms with van der Waals surface area (Å²) in [6.07, 6.45) is 0. The molecule has 122 valence electrons. The molecule has 1 heterocycles. The van der Waals surface area contributed by atoms with E-state index in [0.29, 0.717) is 28.7 Å². The van der Waals surface area contributed by atoms with E-state index in [2.05, 4.69) is 10.5 Å². The van der Waals surface area contributed by atoms with Crippen LogP contribution >= 0.6 is 0 Å². The van der Waals surface area contributed by atoms with Crippen molar-refractivity contribution in [3.8, 4) is 17.2 Å². The zero-order valence-electron chi connectivity index (χ0n) is 13.3. The van der Waals surface area contributed by atoms with Crippen LogP contribution in [0.2, 0.25) is 0 Å². The smallest absolute Gasteiger partial charge is 0.277 e. The van der Waals surface area contributed by atoms with E-state index in [1.165, 1.54) is 0 Å². The monoisotopic (exact) mass is 324 g/mol. The van der Waals surface area contributed by atoms with Crippen LogP contribution in [0.3, 0.4) is 0 Å². The number of carbonyl (C=O) groups excluding carboxylic acids is 1. The van der Waals surface area contributed by atoms with E-state index in [9.17, 15) is 4.79 Å². The van der Waals surface area contributed by atoms with Crippen molar-refractivity contribution in [2.45, 2.75) is 6.92 Å². The highest BCUT2D eigenvalue weighted by molar-refractivity contribution is 6.02. The lowest BCUT2D eigenvalue weighted by Crippen LogP contribution is -2.11. The predicted molar refractivity (Wildman–Crippen MR) is 88.7 cm³/mol. The van der Waals surface area contributed by atoms with Crippen molar-refractivity contribution in [1.29, 1.82) is 0 Å². The molecule has 0 radical (unpaired) electrons. The Labute approximate surface area is 139 Å². The van der Waals surface area contributed by atoms with Gasteiger partial charge in [0.1, 0.15) is 11.5 Å². The third-order valence-corrected chi connectivity index (χ3v) is 3.27. The summed E-state index contributed by atoms with van der Waals surface area (Å²) in [6.45, 7) is 1.73. The lowest BCUT2D eigenvalue weighted by molar-refractivity contribution is 0.101. The molecule has 1 aromatic heterocycles. The second-order valence-electron chi connectivity index (χ2n) is 5.05. The minimum Gasteiger partial charge on any atom is -0.493 e. The second-order valence-corrected chi connectivity index (χ2v) is 5.05. The molecule has 0 unspecified atom stereocenters. The molecular weight excluding hydrogens is 308 g/mol. The van der Waals surface area contributed by atoms with E-state index < -0.39 is 0 Å². The number of nitrogens with one attached hydrogen (secondary N) is 1. The first kappa shape index (κ1) is 15.6. The number of aryl methyl sites for hydroxylation is 1. The van der Waals surface area contributed by atoms with E-state index >= 15 is 0 Å². The molecule has 0 bridgehead atoms. The van der Waals surface area contributed by atoms with Gasteiger partial charge in [-0.3, -0.25) is 4.79 Å². The van der Waals surface area contributed by atoms with Crippen molar-refractivity contribution >= 4 is 11.6 Å². The second kappa shape index (κ2) is 6.87. The normalized spacial score (nSPS) is 10.2. The zero-order chi connectivity index (χ0) is 16.9. The van der Waals surface area contributed by atoms with Crippen molar-refractivity contribution in [3.05, 3.63) is 66.1 Å². The number of carbonyl (C=O) groups is 1. The third kappa shape index (κ3) is 3.55. The molecule has 24 heavy (non-hydrogen) atoms. The maximum absolute atomic E-state index is 12.0. The average molecular weight is 324 g/mol. The molecule has 6 heteroatoms. The molecule has 2 aromatic carbocycles. The number of benzene rings is 2. The molecule has 6 nitrogen and oxygen atoms in total. The van der Waals surface area contributed by atoms with Gasteiger partial charge in [-0.05, 0) is 43.3 Å². The molecule has 3 aromatic rings. The molecular formula is C18H16N2O4. The number of hydrogen-bond donors (Lipinski definition) is 1. The number of aromatic nitrogens is 1. The average Bonchev–Trinajstić information content (AvgIpc) is 3.04. The molecule has 0 aliphatic carbocycles. The molecule has 0 saturated heterocycles. The molecule has 0 saturated carbocycles. The first-order chi connectivity index (χ1) is 11.7. The largest absolute Gasteiger partial charge is 0.493 e. The summed E-state index contributed by atoms with van der Waals surface area (Å²) in [7, 11) is 1.59. The van der Waals surface area contributed by atoms with Crippen LogP contribution in [0, 0.1) is 6.92 Å². The van der Waals surface area contributed by atoms with E-state index in [0.717, 1.165) is 0 Å². The van der Waals surface area contributed by atoms with E-state index in [4.69, 9.17) is 14.0 Å². The molecule has 0 aliphatic heterocycles. The molecule has 3 rings (SSSR count). The van der Waals surface area contributed by atoms with Crippen LogP contribution < -0.4 is 14.8 Å². The minimum absolute atomic E-state index is 0.238. The lowest BCUT2D eigenvalue weighted by atomic mass is 10.2. The first-order valence-electron chi connectivity index (χ1n) is 7.31. The van der Waals surface area contributed by atoms with Crippen molar-refractivity contribution in [1.82, 2.24) is 5.16 Å². The van der Waals surface area contributed by atoms with Crippen LogP contribution in [0.15, 0.2) is 59.1 Å². The minimum atomic E-state index is -0.328.